The summed E-state index contributed by atoms with van der Waals surface area (Å²) in [7, 11) is 1.15. The minimum atomic E-state index is -0.869. The summed E-state index contributed by atoms with van der Waals surface area (Å²) in [4.78, 5) is 37.2. The molecule has 1 heterocycles. The maximum Gasteiger partial charge on any atom is 0.425 e. The van der Waals surface area contributed by atoms with Gasteiger partial charge in [-0.3, -0.25) is 15.0 Å². The molecule has 2 aromatic carbocycles. The molecule has 0 atom stereocenters. The number of benzene rings is 2. The molecule has 172 valence electrons. The molecule has 0 aliphatic carbocycles. The van der Waals surface area contributed by atoms with Crippen molar-refractivity contribution < 1.29 is 19.1 Å². The summed E-state index contributed by atoms with van der Waals surface area (Å²) in [5, 5.41) is 3.69. The summed E-state index contributed by atoms with van der Waals surface area (Å²) in [6, 6.07) is 9.52. The molecule has 8 nitrogen and oxygen atoms in total. The van der Waals surface area contributed by atoms with Crippen molar-refractivity contribution >= 4 is 74.3 Å². The Bertz CT molecular complexity index is 1240. The Hall–Kier alpha value is -2.72. The maximum absolute atomic E-state index is 13.3. The van der Waals surface area contributed by atoms with Crippen LogP contribution in [0, 0.1) is 6.92 Å². The van der Waals surface area contributed by atoms with Gasteiger partial charge >= 0.3 is 6.09 Å². The predicted octanol–water partition coefficient (Wildman–Crippen LogP) is 5.76. The van der Waals surface area contributed by atoms with Crippen LogP contribution in [0.5, 0.6) is 0 Å². The molecule has 12 heteroatoms. The number of carbonyl (C=O) groups excluding carboxylic acids is 3. The molecule has 0 radical (unpaired) electrons. The Kier molecular flexibility index (Phi) is 7.91. The number of carbonyl (C=O) groups is 3. The standard InChI is InChI=1S/C21H16BrCl3N4O4/c1-10-6-12(23)8-13(19(30)27-28-21(32)33-2)17(10)26-20(31)16-7-11(22)9-29(16)18-14(24)4-3-5-15(18)25/h3-9H,1-2H3,(H,26,31)(H,27,30)(H,28,32). The second-order valence-electron chi connectivity index (χ2n) is 6.65. The lowest BCUT2D eigenvalue weighted by molar-refractivity contribution is 0.0921. The van der Waals surface area contributed by atoms with E-state index in [1.807, 2.05) is 0 Å². The molecular weight excluding hydrogens is 559 g/mol. The van der Waals surface area contributed by atoms with Crippen LogP contribution in [0.15, 0.2) is 47.1 Å². The Morgan fingerprint density at radius 1 is 1.00 bits per heavy atom. The summed E-state index contributed by atoms with van der Waals surface area (Å²) < 4.78 is 6.57. The lowest BCUT2D eigenvalue weighted by Gasteiger charge is -2.16. The zero-order chi connectivity index (χ0) is 24.3. The van der Waals surface area contributed by atoms with Crippen LogP contribution in [-0.2, 0) is 4.74 Å². The summed E-state index contributed by atoms with van der Waals surface area (Å²) in [6.45, 7) is 1.67. The molecule has 0 bridgehead atoms. The average Bonchev–Trinajstić information content (AvgIpc) is 3.14. The number of hydrogen-bond acceptors (Lipinski definition) is 4. The SMILES string of the molecule is COC(=O)NNC(=O)c1cc(Cl)cc(C)c1NC(=O)c1cc(Br)cn1-c1c(Cl)cccc1Cl. The Balaban J connectivity index is 2.00. The van der Waals surface area contributed by atoms with E-state index in [0.717, 1.165) is 7.11 Å². The van der Waals surface area contributed by atoms with Gasteiger partial charge < -0.3 is 14.6 Å². The quantitative estimate of drug-likeness (QED) is 0.345. The van der Waals surface area contributed by atoms with Crippen molar-refractivity contribution in [2.24, 2.45) is 0 Å². The number of ether oxygens (including phenoxy) is 1. The monoisotopic (exact) mass is 572 g/mol. The molecule has 3 aromatic rings. The number of nitrogens with zero attached hydrogens (tertiary/aromatic N) is 1. The average molecular weight is 575 g/mol. The van der Waals surface area contributed by atoms with Crippen molar-refractivity contribution in [1.82, 2.24) is 15.4 Å². The van der Waals surface area contributed by atoms with Crippen LogP contribution in [0.1, 0.15) is 26.4 Å². The highest BCUT2D eigenvalue weighted by Gasteiger charge is 2.22. The number of hydrogen-bond donors (Lipinski definition) is 3. The highest BCUT2D eigenvalue weighted by Crippen LogP contribution is 2.32. The summed E-state index contributed by atoms with van der Waals surface area (Å²) in [6.07, 6.45) is 0.775. The van der Waals surface area contributed by atoms with Gasteiger partial charge in [-0.1, -0.05) is 40.9 Å². The number of methoxy groups -OCH3 is 1. The minimum Gasteiger partial charge on any atom is -0.452 e. The topological polar surface area (TPSA) is 101 Å². The van der Waals surface area contributed by atoms with E-state index >= 15 is 0 Å². The molecule has 0 aliphatic heterocycles. The molecule has 0 saturated heterocycles. The van der Waals surface area contributed by atoms with Crippen LogP contribution in [-0.4, -0.2) is 29.6 Å². The van der Waals surface area contributed by atoms with Crippen LogP contribution < -0.4 is 16.2 Å². The lowest BCUT2D eigenvalue weighted by atomic mass is 10.1. The number of aromatic nitrogens is 1. The smallest absolute Gasteiger partial charge is 0.425 e. The third-order valence-electron chi connectivity index (χ3n) is 4.44. The van der Waals surface area contributed by atoms with Crippen LogP contribution in [0.25, 0.3) is 5.69 Å². The number of anilines is 1. The van der Waals surface area contributed by atoms with E-state index in [0.29, 0.717) is 25.8 Å². The first kappa shape index (κ1) is 24.9. The van der Waals surface area contributed by atoms with Gasteiger partial charge in [-0.05, 0) is 58.7 Å². The van der Waals surface area contributed by atoms with Gasteiger partial charge in [0.1, 0.15) is 5.69 Å². The van der Waals surface area contributed by atoms with Crippen molar-refractivity contribution in [3.05, 3.63) is 79.0 Å². The molecule has 3 amide bonds. The van der Waals surface area contributed by atoms with Gasteiger partial charge in [-0.15, -0.1) is 0 Å². The number of amides is 3. The Morgan fingerprint density at radius 3 is 2.30 bits per heavy atom. The summed E-state index contributed by atoms with van der Waals surface area (Å²) >= 11 is 22.1. The van der Waals surface area contributed by atoms with Gasteiger partial charge in [0.2, 0.25) is 0 Å². The first-order valence-electron chi connectivity index (χ1n) is 9.20. The highest BCUT2D eigenvalue weighted by atomic mass is 79.9. The van der Waals surface area contributed by atoms with Gasteiger partial charge in [-0.2, -0.15) is 0 Å². The molecule has 1 aromatic heterocycles. The lowest BCUT2D eigenvalue weighted by Crippen LogP contribution is -2.41. The van der Waals surface area contributed by atoms with Gasteiger partial charge in [0, 0.05) is 15.7 Å². The number of hydrazine groups is 1. The fourth-order valence-corrected chi connectivity index (χ4v) is 4.28. The van der Waals surface area contributed by atoms with E-state index in [1.165, 1.54) is 10.6 Å². The van der Waals surface area contributed by atoms with Gasteiger partial charge in [0.05, 0.1) is 34.1 Å². The molecule has 0 fully saturated rings. The minimum absolute atomic E-state index is 0.0256. The van der Waals surface area contributed by atoms with Crippen molar-refractivity contribution in [2.75, 3.05) is 12.4 Å². The van der Waals surface area contributed by atoms with Crippen molar-refractivity contribution in [3.63, 3.8) is 0 Å². The zero-order valence-electron chi connectivity index (χ0n) is 17.1. The maximum atomic E-state index is 13.3. The zero-order valence-corrected chi connectivity index (χ0v) is 21.0. The second-order valence-corrected chi connectivity index (χ2v) is 8.82. The number of para-hydroxylation sites is 1. The highest BCUT2D eigenvalue weighted by molar-refractivity contribution is 9.10. The summed E-state index contributed by atoms with van der Waals surface area (Å²) in [5.74, 6) is -1.26. The van der Waals surface area contributed by atoms with Crippen molar-refractivity contribution in [3.8, 4) is 5.69 Å². The third-order valence-corrected chi connectivity index (χ3v) is 5.71. The largest absolute Gasteiger partial charge is 0.452 e. The molecular formula is C21H16BrCl3N4O4. The first-order chi connectivity index (χ1) is 15.6. The Morgan fingerprint density at radius 2 is 1.67 bits per heavy atom. The van der Waals surface area contributed by atoms with E-state index in [1.54, 1.807) is 43.5 Å². The Labute approximate surface area is 212 Å². The van der Waals surface area contributed by atoms with E-state index < -0.39 is 17.9 Å². The van der Waals surface area contributed by atoms with Crippen molar-refractivity contribution in [2.45, 2.75) is 6.92 Å². The number of nitrogens with one attached hydrogen (secondary N) is 3. The molecule has 3 rings (SSSR count). The molecule has 33 heavy (non-hydrogen) atoms. The van der Waals surface area contributed by atoms with Crippen LogP contribution in [0.3, 0.4) is 0 Å². The predicted molar refractivity (Wildman–Crippen MR) is 131 cm³/mol. The van der Waals surface area contributed by atoms with Crippen LogP contribution in [0.2, 0.25) is 15.1 Å². The van der Waals surface area contributed by atoms with Crippen LogP contribution >= 0.6 is 50.7 Å². The fourth-order valence-electron chi connectivity index (χ4n) is 3.00. The van der Waals surface area contributed by atoms with Crippen LogP contribution in [0.4, 0.5) is 10.5 Å². The van der Waals surface area contributed by atoms with E-state index in [9.17, 15) is 14.4 Å². The van der Waals surface area contributed by atoms with E-state index in [2.05, 4.69) is 36.8 Å². The van der Waals surface area contributed by atoms with Crippen molar-refractivity contribution in [1.29, 1.82) is 0 Å². The number of aryl methyl sites for hydroxylation is 1. The molecule has 0 saturated carbocycles. The normalized spacial score (nSPS) is 10.5. The van der Waals surface area contributed by atoms with Gasteiger partial charge in [-0.25, -0.2) is 10.2 Å². The molecule has 0 aliphatic rings. The fraction of sp³-hybridized carbons (Fsp3) is 0.0952. The number of rotatable bonds is 4. The third kappa shape index (κ3) is 5.62. The first-order valence-corrected chi connectivity index (χ1v) is 11.1. The van der Waals surface area contributed by atoms with E-state index in [4.69, 9.17) is 34.8 Å². The molecule has 3 N–H and O–H groups in total. The summed E-state index contributed by atoms with van der Waals surface area (Å²) in [5.41, 5.74) is 5.63. The molecule has 0 spiro atoms. The van der Waals surface area contributed by atoms with Gasteiger partial charge in [0.15, 0.2) is 0 Å². The molecule has 0 unspecified atom stereocenters. The van der Waals surface area contributed by atoms with Gasteiger partial charge in [0.25, 0.3) is 11.8 Å². The number of halogens is 4. The van der Waals surface area contributed by atoms with E-state index in [-0.39, 0.29) is 22.0 Å². The second kappa shape index (κ2) is 10.5.